The van der Waals surface area contributed by atoms with Crippen molar-refractivity contribution in [3.63, 3.8) is 0 Å². The second-order valence-corrected chi connectivity index (χ2v) is 6.41. The van der Waals surface area contributed by atoms with Crippen LogP contribution in [-0.4, -0.2) is 17.5 Å². The van der Waals surface area contributed by atoms with E-state index in [1.54, 1.807) is 0 Å². The zero-order valence-corrected chi connectivity index (χ0v) is 11.9. The van der Waals surface area contributed by atoms with Crippen LogP contribution >= 0.6 is 0 Å². The lowest BCUT2D eigenvalue weighted by Gasteiger charge is -2.30. The van der Waals surface area contributed by atoms with Gasteiger partial charge in [0, 0.05) is 24.8 Å². The molecular formula is C17H26N2. The number of rotatable bonds is 5. The summed E-state index contributed by atoms with van der Waals surface area (Å²) >= 11 is 0. The molecule has 19 heavy (non-hydrogen) atoms. The maximum Gasteiger partial charge on any atom is 0.0314 e. The van der Waals surface area contributed by atoms with E-state index in [1.807, 2.05) is 12.1 Å². The molecule has 0 bridgehead atoms. The Bertz CT molecular complexity index is 388. The predicted molar refractivity (Wildman–Crippen MR) is 80.9 cm³/mol. The Balaban J connectivity index is 1.59. The van der Waals surface area contributed by atoms with Crippen LogP contribution in [0.2, 0.25) is 0 Å². The normalized spacial score (nSPS) is 20.9. The fourth-order valence-electron chi connectivity index (χ4n) is 3.34. The summed E-state index contributed by atoms with van der Waals surface area (Å²) in [5, 5.41) is 0. The van der Waals surface area contributed by atoms with Crippen molar-refractivity contribution in [2.45, 2.75) is 57.5 Å². The zero-order valence-electron chi connectivity index (χ0n) is 11.9. The quantitative estimate of drug-likeness (QED) is 0.814. The van der Waals surface area contributed by atoms with Crippen molar-refractivity contribution in [3.8, 4) is 0 Å². The number of hydrogen-bond acceptors (Lipinski definition) is 2. The van der Waals surface area contributed by atoms with Crippen molar-refractivity contribution < 1.29 is 0 Å². The lowest BCUT2D eigenvalue weighted by molar-refractivity contribution is 0.186. The molecule has 1 aromatic rings. The Morgan fingerprint density at radius 2 is 1.63 bits per heavy atom. The van der Waals surface area contributed by atoms with Crippen LogP contribution in [0.4, 0.5) is 5.69 Å². The molecule has 2 N–H and O–H groups in total. The van der Waals surface area contributed by atoms with E-state index in [-0.39, 0.29) is 0 Å². The summed E-state index contributed by atoms with van der Waals surface area (Å²) in [6.07, 6.45) is 10.1. The topological polar surface area (TPSA) is 29.3 Å². The van der Waals surface area contributed by atoms with Crippen LogP contribution in [-0.2, 0) is 6.54 Å². The molecule has 0 radical (unpaired) electrons. The van der Waals surface area contributed by atoms with Crippen LogP contribution in [0.1, 0.15) is 50.5 Å². The first-order chi connectivity index (χ1) is 9.31. The molecule has 2 heteroatoms. The van der Waals surface area contributed by atoms with Gasteiger partial charge in [0.15, 0.2) is 0 Å². The lowest BCUT2D eigenvalue weighted by atomic mass is 9.89. The van der Waals surface area contributed by atoms with E-state index in [2.05, 4.69) is 17.0 Å². The minimum atomic E-state index is 0.861. The van der Waals surface area contributed by atoms with Gasteiger partial charge in [-0.1, -0.05) is 31.4 Å². The molecule has 0 heterocycles. The van der Waals surface area contributed by atoms with E-state index < -0.39 is 0 Å². The van der Waals surface area contributed by atoms with Gasteiger partial charge in [-0.2, -0.15) is 0 Å². The van der Waals surface area contributed by atoms with Crippen molar-refractivity contribution in [2.75, 3.05) is 12.3 Å². The van der Waals surface area contributed by atoms with Crippen LogP contribution in [0.5, 0.6) is 0 Å². The summed E-state index contributed by atoms with van der Waals surface area (Å²) in [6.45, 7) is 2.43. The van der Waals surface area contributed by atoms with Crippen LogP contribution in [0.3, 0.4) is 0 Å². The van der Waals surface area contributed by atoms with E-state index in [0.29, 0.717) is 0 Å². The molecule has 0 unspecified atom stereocenters. The number of nitrogens with two attached hydrogens (primary N) is 1. The molecule has 0 atom stereocenters. The zero-order chi connectivity index (χ0) is 13.1. The maximum absolute atomic E-state index is 5.77. The Hall–Kier alpha value is -1.02. The summed E-state index contributed by atoms with van der Waals surface area (Å²) in [4.78, 5) is 2.72. The van der Waals surface area contributed by atoms with Gasteiger partial charge in [0.25, 0.3) is 0 Å². The van der Waals surface area contributed by atoms with Gasteiger partial charge in [-0.05, 0) is 49.3 Å². The second-order valence-electron chi connectivity index (χ2n) is 6.41. The van der Waals surface area contributed by atoms with Gasteiger partial charge >= 0.3 is 0 Å². The molecule has 1 aromatic carbocycles. The van der Waals surface area contributed by atoms with Crippen LogP contribution in [0.25, 0.3) is 0 Å². The third-order valence-corrected chi connectivity index (χ3v) is 4.65. The fourth-order valence-corrected chi connectivity index (χ4v) is 3.34. The molecule has 3 rings (SSSR count). The van der Waals surface area contributed by atoms with Gasteiger partial charge in [-0.3, -0.25) is 4.90 Å². The maximum atomic E-state index is 5.77. The largest absolute Gasteiger partial charge is 0.399 e. The number of nitrogens with zero attached hydrogens (tertiary/aromatic N) is 1. The lowest BCUT2D eigenvalue weighted by Crippen LogP contribution is -2.32. The van der Waals surface area contributed by atoms with Gasteiger partial charge < -0.3 is 5.73 Å². The highest BCUT2D eigenvalue weighted by Crippen LogP contribution is 2.32. The molecule has 104 valence electrons. The van der Waals surface area contributed by atoms with E-state index >= 15 is 0 Å². The average Bonchev–Trinajstić information content (AvgIpc) is 3.26. The molecule has 0 amide bonds. The highest BCUT2D eigenvalue weighted by molar-refractivity contribution is 5.39. The number of hydrogen-bond donors (Lipinski definition) is 1. The fraction of sp³-hybridized carbons (Fsp3) is 0.647. The summed E-state index contributed by atoms with van der Waals surface area (Å²) < 4.78 is 0. The molecule has 0 spiro atoms. The standard InChI is InChI=1S/C17H26N2/c18-16-8-6-15(7-9-16)13-19(17-10-11-17)12-14-4-2-1-3-5-14/h6-9,14,17H,1-5,10-13,18H2. The molecule has 2 fully saturated rings. The first-order valence-corrected chi connectivity index (χ1v) is 7.90. The smallest absolute Gasteiger partial charge is 0.0314 e. The first-order valence-electron chi connectivity index (χ1n) is 7.90. The van der Waals surface area contributed by atoms with Gasteiger partial charge in [-0.25, -0.2) is 0 Å². The molecule has 2 nitrogen and oxygen atoms in total. The summed E-state index contributed by atoms with van der Waals surface area (Å²) in [5.74, 6) is 0.947. The van der Waals surface area contributed by atoms with E-state index in [1.165, 1.54) is 57.1 Å². The SMILES string of the molecule is Nc1ccc(CN(CC2CCCCC2)C2CC2)cc1. The van der Waals surface area contributed by atoms with Gasteiger partial charge in [0.05, 0.1) is 0 Å². The van der Waals surface area contributed by atoms with Gasteiger partial charge in [-0.15, -0.1) is 0 Å². The summed E-state index contributed by atoms with van der Waals surface area (Å²) in [5.41, 5.74) is 8.05. The first kappa shape index (κ1) is 13.0. The van der Waals surface area contributed by atoms with Gasteiger partial charge in [0.2, 0.25) is 0 Å². The third-order valence-electron chi connectivity index (χ3n) is 4.65. The van der Waals surface area contributed by atoms with Crippen molar-refractivity contribution in [1.29, 1.82) is 0 Å². The number of benzene rings is 1. The van der Waals surface area contributed by atoms with E-state index in [0.717, 1.165) is 24.2 Å². The molecule has 0 aliphatic heterocycles. The minimum absolute atomic E-state index is 0.861. The molecule has 2 saturated carbocycles. The summed E-state index contributed by atoms with van der Waals surface area (Å²) in [6, 6.07) is 9.29. The second kappa shape index (κ2) is 5.96. The predicted octanol–water partition coefficient (Wildman–Crippen LogP) is 3.81. The van der Waals surface area contributed by atoms with Crippen molar-refractivity contribution in [1.82, 2.24) is 4.90 Å². The van der Waals surface area contributed by atoms with Gasteiger partial charge in [0.1, 0.15) is 0 Å². The Kier molecular flexibility index (Phi) is 4.07. The Morgan fingerprint density at radius 1 is 0.947 bits per heavy atom. The van der Waals surface area contributed by atoms with Crippen LogP contribution in [0, 0.1) is 5.92 Å². The van der Waals surface area contributed by atoms with E-state index in [4.69, 9.17) is 5.73 Å². The number of anilines is 1. The molecule has 2 aliphatic rings. The van der Waals surface area contributed by atoms with Crippen molar-refractivity contribution in [3.05, 3.63) is 29.8 Å². The van der Waals surface area contributed by atoms with E-state index in [9.17, 15) is 0 Å². The highest BCUT2D eigenvalue weighted by atomic mass is 15.2. The average molecular weight is 258 g/mol. The molecule has 0 saturated heterocycles. The Morgan fingerprint density at radius 3 is 2.26 bits per heavy atom. The van der Waals surface area contributed by atoms with Crippen LogP contribution < -0.4 is 5.73 Å². The van der Waals surface area contributed by atoms with Crippen molar-refractivity contribution >= 4 is 5.69 Å². The highest BCUT2D eigenvalue weighted by Gasteiger charge is 2.30. The minimum Gasteiger partial charge on any atom is -0.399 e. The summed E-state index contributed by atoms with van der Waals surface area (Å²) in [7, 11) is 0. The third kappa shape index (κ3) is 3.73. The monoisotopic (exact) mass is 258 g/mol. The molecule has 2 aliphatic carbocycles. The van der Waals surface area contributed by atoms with Crippen LogP contribution in [0.15, 0.2) is 24.3 Å². The number of nitrogen functional groups attached to an aromatic ring is 1. The van der Waals surface area contributed by atoms with Crippen molar-refractivity contribution in [2.24, 2.45) is 5.92 Å². The molecular weight excluding hydrogens is 232 g/mol. The Labute approximate surface area is 117 Å². The molecule has 0 aromatic heterocycles.